The number of carbonyl (C=O) groups excluding carboxylic acids is 1. The van der Waals surface area contributed by atoms with Crippen molar-refractivity contribution in [1.29, 1.82) is 5.26 Å². The topological polar surface area (TPSA) is 40.9 Å². The van der Waals surface area contributed by atoms with E-state index in [1.54, 1.807) is 31.2 Å². The Morgan fingerprint density at radius 2 is 1.95 bits per heavy atom. The molecule has 0 fully saturated rings. The zero-order valence-electron chi connectivity index (χ0n) is 10.7. The summed E-state index contributed by atoms with van der Waals surface area (Å²) in [5.41, 5.74) is 1.17. The predicted octanol–water partition coefficient (Wildman–Crippen LogP) is 4.28. The van der Waals surface area contributed by atoms with Crippen LogP contribution in [0, 0.1) is 24.1 Å². The molecule has 20 heavy (non-hydrogen) atoms. The number of carbonyl (C=O) groups is 1. The summed E-state index contributed by atoms with van der Waals surface area (Å²) in [7, 11) is 0. The van der Waals surface area contributed by atoms with Crippen LogP contribution in [0.5, 0.6) is 0 Å². The standard InChI is InChI=1S/C16H11ClFNO/c1-10-5-2-3-6-11(10)16(20)13(9-19)12-7-4-8-14(17)15(12)18/h2-8,13H,1H3. The van der Waals surface area contributed by atoms with Gasteiger partial charge in [0.2, 0.25) is 0 Å². The van der Waals surface area contributed by atoms with Gasteiger partial charge < -0.3 is 0 Å². The van der Waals surface area contributed by atoms with Gasteiger partial charge in [0.1, 0.15) is 11.7 Å². The van der Waals surface area contributed by atoms with Crippen LogP contribution in [0.15, 0.2) is 42.5 Å². The van der Waals surface area contributed by atoms with Crippen molar-refractivity contribution in [3.63, 3.8) is 0 Å². The minimum absolute atomic E-state index is 0.00764. The number of rotatable bonds is 3. The van der Waals surface area contributed by atoms with E-state index in [-0.39, 0.29) is 10.6 Å². The highest BCUT2D eigenvalue weighted by atomic mass is 35.5. The molecule has 2 nitrogen and oxygen atoms in total. The molecule has 0 heterocycles. The number of ketones is 1. The first-order chi connectivity index (χ1) is 9.56. The lowest BCUT2D eigenvalue weighted by Crippen LogP contribution is -2.14. The van der Waals surface area contributed by atoms with E-state index in [0.717, 1.165) is 5.56 Å². The summed E-state index contributed by atoms with van der Waals surface area (Å²) >= 11 is 5.70. The average molecular weight is 288 g/mol. The van der Waals surface area contributed by atoms with Crippen molar-refractivity contribution < 1.29 is 9.18 Å². The van der Waals surface area contributed by atoms with Crippen LogP contribution >= 0.6 is 11.6 Å². The van der Waals surface area contributed by atoms with Crippen LogP contribution in [-0.2, 0) is 0 Å². The van der Waals surface area contributed by atoms with Gasteiger partial charge >= 0.3 is 0 Å². The largest absolute Gasteiger partial charge is 0.292 e. The summed E-state index contributed by atoms with van der Waals surface area (Å²) in [6.45, 7) is 1.77. The van der Waals surface area contributed by atoms with Crippen LogP contribution in [-0.4, -0.2) is 5.78 Å². The zero-order valence-corrected chi connectivity index (χ0v) is 11.5. The Labute approximate surface area is 121 Å². The van der Waals surface area contributed by atoms with Crippen molar-refractivity contribution in [2.75, 3.05) is 0 Å². The highest BCUT2D eigenvalue weighted by molar-refractivity contribution is 6.30. The van der Waals surface area contributed by atoms with Gasteiger partial charge in [0.05, 0.1) is 11.1 Å². The maximum atomic E-state index is 14.0. The number of aryl methyl sites for hydroxylation is 1. The van der Waals surface area contributed by atoms with Crippen LogP contribution in [0.1, 0.15) is 27.4 Å². The highest BCUT2D eigenvalue weighted by Gasteiger charge is 2.26. The fourth-order valence-corrected chi connectivity index (χ4v) is 2.20. The van der Waals surface area contributed by atoms with Crippen LogP contribution in [0.2, 0.25) is 5.02 Å². The Kier molecular flexibility index (Phi) is 4.16. The molecule has 0 radical (unpaired) electrons. The molecule has 0 aromatic heterocycles. The molecule has 0 saturated carbocycles. The zero-order chi connectivity index (χ0) is 14.7. The molecule has 2 aromatic carbocycles. The third-order valence-corrected chi connectivity index (χ3v) is 3.39. The molecule has 4 heteroatoms. The van der Waals surface area contributed by atoms with Gasteiger partial charge in [0, 0.05) is 11.1 Å². The van der Waals surface area contributed by atoms with Gasteiger partial charge in [-0.15, -0.1) is 0 Å². The summed E-state index contributed by atoms with van der Waals surface area (Å²) < 4.78 is 14.0. The molecule has 0 amide bonds. The maximum Gasteiger partial charge on any atom is 0.184 e. The number of halogens is 2. The molecule has 1 unspecified atom stereocenters. The second-order valence-electron chi connectivity index (χ2n) is 4.38. The van der Waals surface area contributed by atoms with Crippen molar-refractivity contribution in [3.8, 4) is 6.07 Å². The van der Waals surface area contributed by atoms with Crippen LogP contribution in [0.25, 0.3) is 0 Å². The minimum atomic E-state index is -1.20. The fourth-order valence-electron chi connectivity index (χ4n) is 2.02. The van der Waals surface area contributed by atoms with E-state index in [4.69, 9.17) is 11.6 Å². The summed E-state index contributed by atoms with van der Waals surface area (Å²) in [4.78, 5) is 12.4. The van der Waals surface area contributed by atoms with Crippen molar-refractivity contribution in [2.24, 2.45) is 0 Å². The number of hydrogen-bond donors (Lipinski definition) is 0. The Hall–Kier alpha value is -2.18. The van der Waals surface area contributed by atoms with Crippen LogP contribution in [0.3, 0.4) is 0 Å². The SMILES string of the molecule is Cc1ccccc1C(=O)C(C#N)c1cccc(Cl)c1F. The van der Waals surface area contributed by atoms with Crippen LogP contribution in [0.4, 0.5) is 4.39 Å². The number of nitriles is 1. The molecule has 0 aliphatic heterocycles. The first kappa shape index (κ1) is 14.2. The van der Waals surface area contributed by atoms with Gasteiger partial charge in [-0.2, -0.15) is 5.26 Å². The lowest BCUT2D eigenvalue weighted by atomic mass is 9.89. The summed E-state index contributed by atoms with van der Waals surface area (Å²) in [6, 6.07) is 13.1. The van der Waals surface area contributed by atoms with E-state index < -0.39 is 17.5 Å². The van der Waals surface area contributed by atoms with E-state index in [9.17, 15) is 14.4 Å². The Morgan fingerprint density at radius 1 is 1.25 bits per heavy atom. The first-order valence-electron chi connectivity index (χ1n) is 5.99. The quantitative estimate of drug-likeness (QED) is 0.791. The minimum Gasteiger partial charge on any atom is -0.292 e. The molecule has 2 rings (SSSR count). The van der Waals surface area contributed by atoms with E-state index in [1.165, 1.54) is 18.2 Å². The number of benzene rings is 2. The summed E-state index contributed by atoms with van der Waals surface area (Å²) in [5.74, 6) is -2.34. The monoisotopic (exact) mass is 287 g/mol. The molecule has 0 saturated heterocycles. The predicted molar refractivity (Wildman–Crippen MR) is 75.3 cm³/mol. The molecule has 0 N–H and O–H groups in total. The summed E-state index contributed by atoms with van der Waals surface area (Å²) in [6.07, 6.45) is 0. The van der Waals surface area contributed by atoms with Crippen molar-refractivity contribution in [2.45, 2.75) is 12.8 Å². The maximum absolute atomic E-state index is 14.0. The van der Waals surface area contributed by atoms with Crippen LogP contribution < -0.4 is 0 Å². The van der Waals surface area contributed by atoms with E-state index >= 15 is 0 Å². The molecule has 100 valence electrons. The number of Topliss-reactive ketones (excluding diaryl/α,β-unsaturated/α-hetero) is 1. The van der Waals surface area contributed by atoms with Gasteiger partial charge in [0.15, 0.2) is 5.78 Å². The second-order valence-corrected chi connectivity index (χ2v) is 4.79. The van der Waals surface area contributed by atoms with E-state index in [2.05, 4.69) is 0 Å². The second kappa shape index (κ2) is 5.85. The van der Waals surface area contributed by atoms with Crippen molar-refractivity contribution in [3.05, 3.63) is 70.0 Å². The average Bonchev–Trinajstić information content (AvgIpc) is 2.44. The summed E-state index contributed by atoms with van der Waals surface area (Å²) in [5, 5.41) is 9.14. The molecule has 1 atom stereocenters. The third kappa shape index (κ3) is 2.56. The van der Waals surface area contributed by atoms with Gasteiger partial charge in [0.25, 0.3) is 0 Å². The van der Waals surface area contributed by atoms with Gasteiger partial charge in [-0.05, 0) is 18.6 Å². The van der Waals surface area contributed by atoms with Gasteiger partial charge in [-0.1, -0.05) is 48.0 Å². The highest BCUT2D eigenvalue weighted by Crippen LogP contribution is 2.28. The lowest BCUT2D eigenvalue weighted by Gasteiger charge is -2.12. The van der Waals surface area contributed by atoms with Crippen molar-refractivity contribution in [1.82, 2.24) is 0 Å². The molecular weight excluding hydrogens is 277 g/mol. The molecule has 0 bridgehead atoms. The fraction of sp³-hybridized carbons (Fsp3) is 0.125. The van der Waals surface area contributed by atoms with Gasteiger partial charge in [-0.25, -0.2) is 4.39 Å². The van der Waals surface area contributed by atoms with Gasteiger partial charge in [-0.3, -0.25) is 4.79 Å². The Balaban J connectivity index is 2.49. The lowest BCUT2D eigenvalue weighted by molar-refractivity contribution is 0.0977. The number of nitrogens with zero attached hydrogens (tertiary/aromatic N) is 1. The normalized spacial score (nSPS) is 11.7. The number of hydrogen-bond acceptors (Lipinski definition) is 2. The molecule has 0 aliphatic rings. The van der Waals surface area contributed by atoms with E-state index in [1.807, 2.05) is 6.07 Å². The van der Waals surface area contributed by atoms with Crippen molar-refractivity contribution >= 4 is 17.4 Å². The molecular formula is C16H11ClFNO. The third-order valence-electron chi connectivity index (χ3n) is 3.09. The Morgan fingerprint density at radius 3 is 2.60 bits per heavy atom. The molecule has 2 aromatic rings. The first-order valence-corrected chi connectivity index (χ1v) is 6.37. The van der Waals surface area contributed by atoms with E-state index in [0.29, 0.717) is 5.56 Å². The molecule has 0 aliphatic carbocycles. The Bertz CT molecular complexity index is 706. The smallest absolute Gasteiger partial charge is 0.184 e. The molecule has 0 spiro atoms.